The van der Waals surface area contributed by atoms with Gasteiger partial charge in [-0.25, -0.2) is 4.39 Å². The summed E-state index contributed by atoms with van der Waals surface area (Å²) in [5, 5.41) is 3.06. The Bertz CT molecular complexity index is 491. The zero-order valence-electron chi connectivity index (χ0n) is 9.37. The van der Waals surface area contributed by atoms with Gasteiger partial charge in [-0.2, -0.15) is 0 Å². The Morgan fingerprint density at radius 2 is 2.12 bits per heavy atom. The molecule has 0 saturated carbocycles. The second-order valence-electron chi connectivity index (χ2n) is 3.76. The second kappa shape index (κ2) is 5.27. The van der Waals surface area contributed by atoms with Gasteiger partial charge < -0.3 is 5.32 Å². The molecule has 0 fully saturated rings. The van der Waals surface area contributed by atoms with Crippen LogP contribution in [0.3, 0.4) is 0 Å². The van der Waals surface area contributed by atoms with Gasteiger partial charge in [-0.15, -0.1) is 0 Å². The molecular formula is C13H12BrFN2. The predicted octanol–water partition coefficient (Wildman–Crippen LogP) is 3.90. The van der Waals surface area contributed by atoms with Gasteiger partial charge in [0.25, 0.3) is 0 Å². The molecule has 0 spiro atoms. The monoisotopic (exact) mass is 294 g/mol. The fourth-order valence-corrected chi connectivity index (χ4v) is 1.94. The molecule has 88 valence electrons. The molecule has 0 unspecified atom stereocenters. The van der Waals surface area contributed by atoms with Crippen molar-refractivity contribution in [3.05, 3.63) is 58.1 Å². The van der Waals surface area contributed by atoms with Crippen molar-refractivity contribution in [2.75, 3.05) is 5.32 Å². The molecule has 1 aromatic carbocycles. The van der Waals surface area contributed by atoms with E-state index in [1.807, 2.05) is 19.1 Å². The zero-order valence-corrected chi connectivity index (χ0v) is 11.0. The number of para-hydroxylation sites is 1. The standard InChI is InChI=1S/C13H12BrFN2/c1-9-5-6-10(7-16-9)8-17-13-11(14)3-2-4-12(13)15/h2-7,17H,8H2,1H3. The van der Waals surface area contributed by atoms with Gasteiger partial charge in [-0.1, -0.05) is 12.1 Å². The van der Waals surface area contributed by atoms with Gasteiger partial charge in [0.15, 0.2) is 0 Å². The van der Waals surface area contributed by atoms with Gasteiger partial charge in [-0.3, -0.25) is 4.98 Å². The number of halogens is 2. The number of anilines is 1. The van der Waals surface area contributed by atoms with Crippen molar-refractivity contribution in [2.24, 2.45) is 0 Å². The molecule has 0 aliphatic carbocycles. The number of hydrogen-bond acceptors (Lipinski definition) is 2. The Hall–Kier alpha value is -1.42. The van der Waals surface area contributed by atoms with E-state index in [1.54, 1.807) is 18.3 Å². The molecule has 0 aliphatic heterocycles. The average molecular weight is 295 g/mol. The lowest BCUT2D eigenvalue weighted by atomic mass is 10.2. The maximum Gasteiger partial charge on any atom is 0.147 e. The summed E-state index contributed by atoms with van der Waals surface area (Å²) in [7, 11) is 0. The third kappa shape index (κ3) is 3.03. The van der Waals surface area contributed by atoms with E-state index in [-0.39, 0.29) is 5.82 Å². The predicted molar refractivity (Wildman–Crippen MR) is 70.4 cm³/mol. The molecule has 1 aromatic heterocycles. The normalized spacial score (nSPS) is 10.3. The van der Waals surface area contributed by atoms with E-state index in [9.17, 15) is 4.39 Å². The smallest absolute Gasteiger partial charge is 0.147 e. The molecule has 0 bridgehead atoms. The van der Waals surface area contributed by atoms with Crippen molar-refractivity contribution < 1.29 is 4.39 Å². The number of aryl methyl sites for hydroxylation is 1. The Labute approximate surface area is 108 Å². The fraction of sp³-hybridized carbons (Fsp3) is 0.154. The number of benzene rings is 1. The molecule has 1 N–H and O–H groups in total. The van der Waals surface area contributed by atoms with E-state index < -0.39 is 0 Å². The summed E-state index contributed by atoms with van der Waals surface area (Å²) in [5.74, 6) is -0.264. The number of rotatable bonds is 3. The van der Waals surface area contributed by atoms with Crippen molar-refractivity contribution in [3.63, 3.8) is 0 Å². The average Bonchev–Trinajstić information content (AvgIpc) is 2.31. The molecule has 2 rings (SSSR count). The molecule has 4 heteroatoms. The number of pyridine rings is 1. The van der Waals surface area contributed by atoms with E-state index >= 15 is 0 Å². The molecule has 2 nitrogen and oxygen atoms in total. The number of aromatic nitrogens is 1. The molecule has 0 saturated heterocycles. The van der Waals surface area contributed by atoms with Crippen LogP contribution in [-0.2, 0) is 6.54 Å². The first kappa shape index (κ1) is 12.0. The van der Waals surface area contributed by atoms with Gasteiger partial charge in [0.2, 0.25) is 0 Å². The summed E-state index contributed by atoms with van der Waals surface area (Å²) >= 11 is 3.31. The number of hydrogen-bond donors (Lipinski definition) is 1. The summed E-state index contributed by atoms with van der Waals surface area (Å²) in [4.78, 5) is 4.19. The minimum Gasteiger partial charge on any atom is -0.378 e. The van der Waals surface area contributed by atoms with E-state index in [0.717, 1.165) is 15.7 Å². The summed E-state index contributed by atoms with van der Waals surface area (Å²) in [6.45, 7) is 2.48. The van der Waals surface area contributed by atoms with Crippen LogP contribution in [0.25, 0.3) is 0 Å². The first-order valence-electron chi connectivity index (χ1n) is 5.26. The summed E-state index contributed by atoms with van der Waals surface area (Å²) in [5.41, 5.74) is 2.47. The van der Waals surface area contributed by atoms with Crippen molar-refractivity contribution >= 4 is 21.6 Å². The van der Waals surface area contributed by atoms with E-state index in [4.69, 9.17) is 0 Å². The molecular weight excluding hydrogens is 283 g/mol. The van der Waals surface area contributed by atoms with Crippen LogP contribution in [0.1, 0.15) is 11.3 Å². The second-order valence-corrected chi connectivity index (χ2v) is 4.61. The van der Waals surface area contributed by atoms with Gasteiger partial charge in [0.1, 0.15) is 5.82 Å². The van der Waals surface area contributed by atoms with Gasteiger partial charge in [0, 0.05) is 22.9 Å². The van der Waals surface area contributed by atoms with E-state index in [2.05, 4.69) is 26.2 Å². The topological polar surface area (TPSA) is 24.9 Å². The quantitative estimate of drug-likeness (QED) is 0.928. The fourth-order valence-electron chi connectivity index (χ4n) is 1.46. The summed E-state index contributed by atoms with van der Waals surface area (Å²) < 4.78 is 14.2. The lowest BCUT2D eigenvalue weighted by Gasteiger charge is -2.09. The third-order valence-corrected chi connectivity index (χ3v) is 3.07. The molecule has 2 aromatic rings. The van der Waals surface area contributed by atoms with Gasteiger partial charge in [0.05, 0.1) is 5.69 Å². The van der Waals surface area contributed by atoms with Gasteiger partial charge in [-0.05, 0) is 46.6 Å². The number of nitrogens with zero attached hydrogens (tertiary/aromatic N) is 1. The Morgan fingerprint density at radius 1 is 1.29 bits per heavy atom. The number of nitrogens with one attached hydrogen (secondary N) is 1. The Balaban J connectivity index is 2.10. The van der Waals surface area contributed by atoms with Gasteiger partial charge >= 0.3 is 0 Å². The minimum absolute atomic E-state index is 0.264. The molecule has 0 radical (unpaired) electrons. The van der Waals surface area contributed by atoms with Crippen molar-refractivity contribution in [1.29, 1.82) is 0 Å². The lowest BCUT2D eigenvalue weighted by molar-refractivity contribution is 0.629. The highest BCUT2D eigenvalue weighted by atomic mass is 79.9. The zero-order chi connectivity index (χ0) is 12.3. The third-order valence-electron chi connectivity index (χ3n) is 2.40. The van der Waals surface area contributed by atoms with Crippen LogP contribution in [0.5, 0.6) is 0 Å². The Kier molecular flexibility index (Phi) is 3.74. The van der Waals surface area contributed by atoms with Crippen LogP contribution >= 0.6 is 15.9 Å². The summed E-state index contributed by atoms with van der Waals surface area (Å²) in [6.07, 6.45) is 1.79. The molecule has 0 aliphatic rings. The first-order chi connectivity index (χ1) is 8.16. The largest absolute Gasteiger partial charge is 0.378 e. The van der Waals surface area contributed by atoms with Crippen LogP contribution in [-0.4, -0.2) is 4.98 Å². The highest BCUT2D eigenvalue weighted by molar-refractivity contribution is 9.10. The van der Waals surface area contributed by atoms with Crippen molar-refractivity contribution in [3.8, 4) is 0 Å². The molecule has 1 heterocycles. The van der Waals surface area contributed by atoms with Crippen LogP contribution in [0.2, 0.25) is 0 Å². The van der Waals surface area contributed by atoms with Crippen LogP contribution in [0.15, 0.2) is 41.0 Å². The molecule has 0 amide bonds. The van der Waals surface area contributed by atoms with E-state index in [1.165, 1.54) is 6.07 Å². The first-order valence-corrected chi connectivity index (χ1v) is 6.05. The maximum atomic E-state index is 13.5. The highest BCUT2D eigenvalue weighted by Crippen LogP contribution is 2.25. The van der Waals surface area contributed by atoms with Crippen molar-refractivity contribution in [1.82, 2.24) is 4.98 Å². The highest BCUT2D eigenvalue weighted by Gasteiger charge is 2.05. The minimum atomic E-state index is -0.264. The maximum absolute atomic E-state index is 13.5. The SMILES string of the molecule is Cc1ccc(CNc2c(F)cccc2Br)cn1. The molecule has 0 atom stereocenters. The van der Waals surface area contributed by atoms with Crippen LogP contribution in [0, 0.1) is 12.7 Å². The van der Waals surface area contributed by atoms with E-state index in [0.29, 0.717) is 12.2 Å². The lowest BCUT2D eigenvalue weighted by Crippen LogP contribution is -2.02. The Morgan fingerprint density at radius 3 is 2.76 bits per heavy atom. The van der Waals surface area contributed by atoms with Crippen molar-refractivity contribution in [2.45, 2.75) is 13.5 Å². The van der Waals surface area contributed by atoms with Crippen LogP contribution < -0.4 is 5.32 Å². The molecule has 17 heavy (non-hydrogen) atoms. The summed E-state index contributed by atoms with van der Waals surface area (Å²) in [6, 6.07) is 8.81. The van der Waals surface area contributed by atoms with Crippen LogP contribution in [0.4, 0.5) is 10.1 Å².